The molecule has 0 bridgehead atoms. The predicted molar refractivity (Wildman–Crippen MR) is 140 cm³/mol. The van der Waals surface area contributed by atoms with Gasteiger partial charge in [0.15, 0.2) is 0 Å². The first-order chi connectivity index (χ1) is 16.6. The van der Waals surface area contributed by atoms with Crippen LogP contribution in [0.25, 0.3) is 0 Å². The largest absolute Gasteiger partial charge is 0.497 e. The van der Waals surface area contributed by atoms with Crippen LogP contribution in [0.1, 0.15) is 63.0 Å². The molecule has 2 aromatic carbocycles. The number of ether oxygens (including phenoxy) is 1. The Bertz CT molecular complexity index is 1130. The van der Waals surface area contributed by atoms with Gasteiger partial charge in [0.2, 0.25) is 5.91 Å². The Morgan fingerprint density at radius 3 is 2.11 bits per heavy atom. The molecule has 0 radical (unpaired) electrons. The maximum Gasteiger partial charge on any atom is 0.244 e. The number of carbonyl (C=O) groups is 1. The van der Waals surface area contributed by atoms with Gasteiger partial charge in [-0.15, -0.1) is 0 Å². The molecule has 1 unspecified atom stereocenters. The Kier molecular flexibility index (Phi) is 7.00. The third kappa shape index (κ3) is 5.25. The van der Waals surface area contributed by atoms with Crippen molar-refractivity contribution in [2.45, 2.75) is 64.7 Å². The number of pyridine rings is 1. The van der Waals surface area contributed by atoms with Crippen molar-refractivity contribution in [2.24, 2.45) is 0 Å². The van der Waals surface area contributed by atoms with E-state index in [-0.39, 0.29) is 17.5 Å². The van der Waals surface area contributed by atoms with Gasteiger partial charge in [-0.3, -0.25) is 14.7 Å². The second kappa shape index (κ2) is 9.82. The van der Waals surface area contributed by atoms with Crippen LogP contribution in [0, 0.1) is 0 Å². The molecule has 1 aliphatic heterocycles. The number of hydrogen-bond acceptors (Lipinski definition) is 4. The van der Waals surface area contributed by atoms with Crippen LogP contribution in [0.4, 0.5) is 0 Å². The lowest BCUT2D eigenvalue weighted by molar-refractivity contribution is -0.132. The minimum atomic E-state index is -0.628. The van der Waals surface area contributed by atoms with E-state index in [1.165, 1.54) is 11.1 Å². The van der Waals surface area contributed by atoms with Gasteiger partial charge in [-0.05, 0) is 72.2 Å². The zero-order valence-electron chi connectivity index (χ0n) is 21.8. The summed E-state index contributed by atoms with van der Waals surface area (Å²) in [7, 11) is 1.67. The molecule has 5 nitrogen and oxygen atoms in total. The molecule has 184 valence electrons. The molecular weight excluding hydrogens is 434 g/mol. The predicted octanol–water partition coefficient (Wildman–Crippen LogP) is 5.75. The molecule has 0 spiro atoms. The van der Waals surface area contributed by atoms with Crippen LogP contribution in [0.3, 0.4) is 0 Å². The highest BCUT2D eigenvalue weighted by Gasteiger charge is 2.51. The van der Waals surface area contributed by atoms with E-state index in [0.29, 0.717) is 13.1 Å². The molecule has 3 aromatic rings. The van der Waals surface area contributed by atoms with Gasteiger partial charge in [0.1, 0.15) is 11.9 Å². The summed E-state index contributed by atoms with van der Waals surface area (Å²) >= 11 is 0. The van der Waals surface area contributed by atoms with Gasteiger partial charge in [0.05, 0.1) is 12.6 Å². The minimum Gasteiger partial charge on any atom is -0.497 e. The molecule has 1 aromatic heterocycles. The van der Waals surface area contributed by atoms with Crippen molar-refractivity contribution in [2.75, 3.05) is 13.7 Å². The topological polar surface area (TPSA) is 45.7 Å². The zero-order valence-corrected chi connectivity index (χ0v) is 21.8. The molecule has 1 amide bonds. The van der Waals surface area contributed by atoms with Crippen molar-refractivity contribution in [1.29, 1.82) is 0 Å². The van der Waals surface area contributed by atoms with E-state index in [0.717, 1.165) is 23.3 Å². The SMILES string of the molecule is COc1ccc(CCN2C(=O)C(C)(C)N(Cc3ccncc3)C2c2ccc(C(C)(C)C)cc2)cc1. The van der Waals surface area contributed by atoms with Gasteiger partial charge >= 0.3 is 0 Å². The summed E-state index contributed by atoms with van der Waals surface area (Å²) in [5.41, 5.74) is 4.21. The number of carbonyl (C=O) groups excluding carboxylic acids is 1. The van der Waals surface area contributed by atoms with E-state index < -0.39 is 5.54 Å². The molecule has 0 aliphatic carbocycles. The van der Waals surface area contributed by atoms with Crippen molar-refractivity contribution in [1.82, 2.24) is 14.8 Å². The molecule has 1 atom stereocenters. The van der Waals surface area contributed by atoms with Crippen molar-refractivity contribution in [3.63, 3.8) is 0 Å². The summed E-state index contributed by atoms with van der Waals surface area (Å²) in [6.45, 7) is 12.1. The van der Waals surface area contributed by atoms with Crippen molar-refractivity contribution in [3.8, 4) is 5.75 Å². The maximum absolute atomic E-state index is 13.8. The highest BCUT2D eigenvalue weighted by atomic mass is 16.5. The lowest BCUT2D eigenvalue weighted by Crippen LogP contribution is -2.43. The minimum absolute atomic E-state index is 0.0775. The smallest absolute Gasteiger partial charge is 0.244 e. The van der Waals surface area contributed by atoms with Crippen LogP contribution >= 0.6 is 0 Å². The zero-order chi connectivity index (χ0) is 25.2. The van der Waals surface area contributed by atoms with E-state index in [1.807, 2.05) is 50.5 Å². The number of methoxy groups -OCH3 is 1. The van der Waals surface area contributed by atoms with Gasteiger partial charge < -0.3 is 9.64 Å². The van der Waals surface area contributed by atoms with E-state index in [1.54, 1.807) is 7.11 Å². The summed E-state index contributed by atoms with van der Waals surface area (Å²) < 4.78 is 5.29. The van der Waals surface area contributed by atoms with Crippen LogP contribution < -0.4 is 4.74 Å². The number of amides is 1. The van der Waals surface area contributed by atoms with E-state index in [4.69, 9.17) is 4.74 Å². The average molecular weight is 472 g/mol. The van der Waals surface area contributed by atoms with Crippen molar-refractivity contribution in [3.05, 3.63) is 95.3 Å². The average Bonchev–Trinajstić information content (AvgIpc) is 3.03. The van der Waals surface area contributed by atoms with Crippen LogP contribution in [0.15, 0.2) is 73.1 Å². The standard InChI is InChI=1S/C30H37N3O2/c1-29(2,3)25-11-9-24(10-12-25)27-32(20-17-22-7-13-26(35-6)14-8-22)28(34)30(4,5)33(27)21-23-15-18-31-19-16-23/h7-16,18-19,27H,17,20-21H2,1-6H3. The summed E-state index contributed by atoms with van der Waals surface area (Å²) in [5.74, 6) is 0.998. The van der Waals surface area contributed by atoms with Gasteiger partial charge in [-0.2, -0.15) is 0 Å². The fourth-order valence-corrected chi connectivity index (χ4v) is 4.81. The molecule has 1 saturated heterocycles. The number of nitrogens with zero attached hydrogens (tertiary/aromatic N) is 3. The number of hydrogen-bond donors (Lipinski definition) is 0. The molecular formula is C30H37N3O2. The summed E-state index contributed by atoms with van der Waals surface area (Å²) in [5, 5.41) is 0. The molecule has 35 heavy (non-hydrogen) atoms. The lowest BCUT2D eigenvalue weighted by Gasteiger charge is -2.34. The number of benzene rings is 2. The fraction of sp³-hybridized carbons (Fsp3) is 0.400. The Balaban J connectivity index is 1.68. The Morgan fingerprint density at radius 2 is 1.54 bits per heavy atom. The first kappa shape index (κ1) is 24.9. The first-order valence-electron chi connectivity index (χ1n) is 12.3. The van der Waals surface area contributed by atoms with Crippen LogP contribution in [0.5, 0.6) is 5.75 Å². The van der Waals surface area contributed by atoms with Crippen molar-refractivity contribution >= 4 is 5.91 Å². The van der Waals surface area contributed by atoms with Gasteiger partial charge in [-0.25, -0.2) is 0 Å². The number of aromatic nitrogens is 1. The fourth-order valence-electron chi connectivity index (χ4n) is 4.81. The third-order valence-electron chi connectivity index (χ3n) is 7.07. The van der Waals surface area contributed by atoms with Gasteiger partial charge in [-0.1, -0.05) is 57.2 Å². The molecule has 2 heterocycles. The Morgan fingerprint density at radius 1 is 0.914 bits per heavy atom. The first-order valence-corrected chi connectivity index (χ1v) is 12.3. The molecule has 1 aliphatic rings. The van der Waals surface area contributed by atoms with E-state index in [9.17, 15) is 4.79 Å². The number of rotatable bonds is 7. The molecule has 0 N–H and O–H groups in total. The lowest BCUT2D eigenvalue weighted by atomic mass is 9.86. The normalized spacial score (nSPS) is 18.2. The van der Waals surface area contributed by atoms with E-state index in [2.05, 4.69) is 72.0 Å². The monoisotopic (exact) mass is 471 g/mol. The summed E-state index contributed by atoms with van der Waals surface area (Å²) in [4.78, 5) is 22.4. The maximum atomic E-state index is 13.8. The Hall–Kier alpha value is -3.18. The summed E-state index contributed by atoms with van der Waals surface area (Å²) in [6.07, 6.45) is 4.27. The molecule has 1 fully saturated rings. The third-order valence-corrected chi connectivity index (χ3v) is 7.07. The van der Waals surface area contributed by atoms with Crippen LogP contribution in [-0.4, -0.2) is 39.9 Å². The van der Waals surface area contributed by atoms with E-state index >= 15 is 0 Å². The highest BCUT2D eigenvalue weighted by molar-refractivity contribution is 5.88. The summed E-state index contributed by atoms with van der Waals surface area (Å²) in [6, 6.07) is 21.0. The van der Waals surface area contributed by atoms with Gasteiger partial charge in [0, 0.05) is 25.5 Å². The van der Waals surface area contributed by atoms with Gasteiger partial charge in [0.25, 0.3) is 0 Å². The van der Waals surface area contributed by atoms with Crippen LogP contribution in [-0.2, 0) is 23.2 Å². The second-order valence-electron chi connectivity index (χ2n) is 10.9. The molecule has 0 saturated carbocycles. The van der Waals surface area contributed by atoms with Crippen LogP contribution in [0.2, 0.25) is 0 Å². The highest BCUT2D eigenvalue weighted by Crippen LogP contribution is 2.42. The molecule has 5 heteroatoms. The molecule has 4 rings (SSSR count). The second-order valence-corrected chi connectivity index (χ2v) is 10.9. The quantitative estimate of drug-likeness (QED) is 0.440. The Labute approximate surface area is 209 Å². The van der Waals surface area contributed by atoms with Crippen molar-refractivity contribution < 1.29 is 9.53 Å².